The highest BCUT2D eigenvalue weighted by Gasteiger charge is 2.07. The molecule has 2 aromatic rings. The molecule has 0 saturated carbocycles. The van der Waals surface area contributed by atoms with Gasteiger partial charge in [-0.2, -0.15) is 0 Å². The first kappa shape index (κ1) is 10.7. The highest BCUT2D eigenvalue weighted by Crippen LogP contribution is 2.20. The predicted octanol–water partition coefficient (Wildman–Crippen LogP) is 2.41. The number of carboxylic acid groups (broad SMARTS) is 1. The summed E-state index contributed by atoms with van der Waals surface area (Å²) in [6.07, 6.45) is 1.48. The summed E-state index contributed by atoms with van der Waals surface area (Å²) >= 11 is 0. The molecule has 0 saturated heterocycles. The van der Waals surface area contributed by atoms with Gasteiger partial charge in [0.2, 0.25) is 0 Å². The molecule has 0 aliphatic rings. The van der Waals surface area contributed by atoms with Crippen LogP contribution in [0.25, 0.3) is 10.9 Å². The van der Waals surface area contributed by atoms with Gasteiger partial charge in [0.25, 0.3) is 0 Å². The lowest BCUT2D eigenvalue weighted by atomic mass is 10.1. The number of aliphatic carboxylic acids is 1. The molecule has 4 heteroatoms. The van der Waals surface area contributed by atoms with Gasteiger partial charge in [0.05, 0.1) is 0 Å². The van der Waals surface area contributed by atoms with Crippen molar-refractivity contribution in [2.75, 3.05) is 0 Å². The summed E-state index contributed by atoms with van der Waals surface area (Å²) in [6.45, 7) is 2.01. The third kappa shape index (κ3) is 2.05. The molecule has 2 rings (SSSR count). The molecule has 4 nitrogen and oxygen atoms in total. The fourth-order valence-electron chi connectivity index (χ4n) is 1.70. The Kier molecular flexibility index (Phi) is 2.90. The fourth-order valence-corrected chi connectivity index (χ4v) is 1.70. The zero-order valence-electron chi connectivity index (χ0n) is 9.06. The smallest absolute Gasteiger partial charge is 0.303 e. The Bertz CT molecular complexity index is 516. The molecule has 0 aliphatic carbocycles. The number of hydrogen-bond acceptors (Lipinski definition) is 3. The van der Waals surface area contributed by atoms with Crippen LogP contribution in [-0.2, 0) is 17.6 Å². The van der Waals surface area contributed by atoms with E-state index in [1.54, 1.807) is 0 Å². The Labute approximate surface area is 92.9 Å². The molecule has 1 heterocycles. The normalized spacial score (nSPS) is 10.8. The molecule has 16 heavy (non-hydrogen) atoms. The first-order chi connectivity index (χ1) is 7.70. The summed E-state index contributed by atoms with van der Waals surface area (Å²) in [6, 6.07) is 5.77. The van der Waals surface area contributed by atoms with Crippen molar-refractivity contribution in [2.24, 2.45) is 0 Å². The van der Waals surface area contributed by atoms with Crippen molar-refractivity contribution < 1.29 is 14.4 Å². The van der Waals surface area contributed by atoms with Crippen molar-refractivity contribution in [2.45, 2.75) is 26.2 Å². The van der Waals surface area contributed by atoms with E-state index in [0.29, 0.717) is 6.42 Å². The Morgan fingerprint density at radius 3 is 3.00 bits per heavy atom. The SMILES string of the molecule is CCc1onc2cc(CCC(=O)O)ccc12. The van der Waals surface area contributed by atoms with E-state index in [1.165, 1.54) is 0 Å². The average Bonchev–Trinajstić information content (AvgIpc) is 2.68. The standard InChI is InChI=1S/C12H13NO3/c1-2-11-9-5-3-8(4-6-12(14)15)7-10(9)13-16-11/h3,5,7H,2,4,6H2,1H3,(H,14,15). The van der Waals surface area contributed by atoms with Crippen molar-refractivity contribution in [3.8, 4) is 0 Å². The first-order valence-corrected chi connectivity index (χ1v) is 5.29. The van der Waals surface area contributed by atoms with E-state index >= 15 is 0 Å². The Morgan fingerprint density at radius 2 is 2.31 bits per heavy atom. The molecule has 1 aromatic heterocycles. The van der Waals surface area contributed by atoms with Crippen LogP contribution in [0.2, 0.25) is 0 Å². The van der Waals surface area contributed by atoms with Crippen LogP contribution in [0.4, 0.5) is 0 Å². The maximum absolute atomic E-state index is 10.5. The van der Waals surface area contributed by atoms with Crippen LogP contribution in [0.5, 0.6) is 0 Å². The monoisotopic (exact) mass is 219 g/mol. The second-order valence-corrected chi connectivity index (χ2v) is 3.70. The third-order valence-corrected chi connectivity index (χ3v) is 2.57. The second-order valence-electron chi connectivity index (χ2n) is 3.70. The van der Waals surface area contributed by atoms with Crippen molar-refractivity contribution >= 4 is 16.9 Å². The van der Waals surface area contributed by atoms with Crippen LogP contribution in [0.15, 0.2) is 22.7 Å². The van der Waals surface area contributed by atoms with Crippen molar-refractivity contribution in [3.05, 3.63) is 29.5 Å². The lowest BCUT2D eigenvalue weighted by molar-refractivity contribution is -0.136. The van der Waals surface area contributed by atoms with Gasteiger partial charge < -0.3 is 9.63 Å². The van der Waals surface area contributed by atoms with E-state index < -0.39 is 5.97 Å². The molecule has 0 unspecified atom stereocenters. The van der Waals surface area contributed by atoms with Crippen LogP contribution in [0.3, 0.4) is 0 Å². The minimum Gasteiger partial charge on any atom is -0.481 e. The lowest BCUT2D eigenvalue weighted by Crippen LogP contribution is -1.97. The molecule has 1 N–H and O–H groups in total. The van der Waals surface area contributed by atoms with Crippen LogP contribution in [0.1, 0.15) is 24.7 Å². The number of carbonyl (C=O) groups is 1. The van der Waals surface area contributed by atoms with E-state index in [0.717, 1.165) is 28.6 Å². The summed E-state index contributed by atoms with van der Waals surface area (Å²) in [4.78, 5) is 10.5. The number of hydrogen-bond donors (Lipinski definition) is 1. The first-order valence-electron chi connectivity index (χ1n) is 5.29. The average molecular weight is 219 g/mol. The van der Waals surface area contributed by atoms with Gasteiger partial charge in [0.15, 0.2) is 0 Å². The Hall–Kier alpha value is -1.84. The quantitative estimate of drug-likeness (QED) is 0.857. The summed E-state index contributed by atoms with van der Waals surface area (Å²) in [5.41, 5.74) is 1.78. The largest absolute Gasteiger partial charge is 0.481 e. The summed E-state index contributed by atoms with van der Waals surface area (Å²) < 4.78 is 5.18. The van der Waals surface area contributed by atoms with Gasteiger partial charge in [-0.05, 0) is 24.1 Å². The second kappa shape index (κ2) is 4.35. The zero-order valence-corrected chi connectivity index (χ0v) is 9.06. The van der Waals surface area contributed by atoms with E-state index in [2.05, 4.69) is 5.16 Å². The molecule has 1 aromatic carbocycles. The molecule has 0 bridgehead atoms. The maximum Gasteiger partial charge on any atom is 0.303 e. The topological polar surface area (TPSA) is 63.3 Å². The van der Waals surface area contributed by atoms with Gasteiger partial charge >= 0.3 is 5.97 Å². The minimum absolute atomic E-state index is 0.143. The number of nitrogens with zero attached hydrogens (tertiary/aromatic N) is 1. The van der Waals surface area contributed by atoms with Gasteiger partial charge in [0.1, 0.15) is 11.3 Å². The van der Waals surface area contributed by atoms with E-state index in [9.17, 15) is 4.79 Å². The van der Waals surface area contributed by atoms with Crippen LogP contribution in [0, 0.1) is 0 Å². The highest BCUT2D eigenvalue weighted by molar-refractivity contribution is 5.81. The molecule has 0 spiro atoms. The van der Waals surface area contributed by atoms with Crippen LogP contribution < -0.4 is 0 Å². The van der Waals surface area contributed by atoms with Gasteiger partial charge in [-0.15, -0.1) is 0 Å². The number of aromatic nitrogens is 1. The number of fused-ring (bicyclic) bond motifs is 1. The molecule has 0 atom stereocenters. The molecule has 84 valence electrons. The molecular weight excluding hydrogens is 206 g/mol. The van der Waals surface area contributed by atoms with E-state index in [-0.39, 0.29) is 6.42 Å². The third-order valence-electron chi connectivity index (χ3n) is 2.57. The maximum atomic E-state index is 10.5. The number of carboxylic acids is 1. The summed E-state index contributed by atoms with van der Waals surface area (Å²) in [5, 5.41) is 13.6. The molecule has 0 radical (unpaired) electrons. The zero-order chi connectivity index (χ0) is 11.5. The van der Waals surface area contributed by atoms with Crippen molar-refractivity contribution in [1.29, 1.82) is 0 Å². The van der Waals surface area contributed by atoms with E-state index in [4.69, 9.17) is 9.63 Å². The lowest BCUT2D eigenvalue weighted by Gasteiger charge is -1.97. The predicted molar refractivity (Wildman–Crippen MR) is 59.3 cm³/mol. The van der Waals surface area contributed by atoms with Gasteiger partial charge in [-0.25, -0.2) is 0 Å². The summed E-state index contributed by atoms with van der Waals surface area (Å²) in [5.74, 6) is 0.0919. The molecule has 0 aliphatic heterocycles. The van der Waals surface area contributed by atoms with E-state index in [1.807, 2.05) is 25.1 Å². The van der Waals surface area contributed by atoms with Gasteiger partial charge in [-0.3, -0.25) is 4.79 Å². The molecule has 0 amide bonds. The number of rotatable bonds is 4. The minimum atomic E-state index is -0.783. The number of benzene rings is 1. The van der Waals surface area contributed by atoms with Gasteiger partial charge in [0, 0.05) is 18.2 Å². The number of aryl methyl sites for hydroxylation is 2. The van der Waals surface area contributed by atoms with Crippen LogP contribution >= 0.6 is 0 Å². The Morgan fingerprint density at radius 1 is 1.50 bits per heavy atom. The molecule has 0 fully saturated rings. The van der Waals surface area contributed by atoms with Crippen LogP contribution in [-0.4, -0.2) is 16.2 Å². The van der Waals surface area contributed by atoms with Gasteiger partial charge in [-0.1, -0.05) is 18.1 Å². The van der Waals surface area contributed by atoms with Crippen molar-refractivity contribution in [3.63, 3.8) is 0 Å². The Balaban J connectivity index is 2.27. The summed E-state index contributed by atoms with van der Waals surface area (Å²) in [7, 11) is 0. The highest BCUT2D eigenvalue weighted by atomic mass is 16.5. The fraction of sp³-hybridized carbons (Fsp3) is 0.333. The van der Waals surface area contributed by atoms with Crippen molar-refractivity contribution in [1.82, 2.24) is 5.16 Å². The molecular formula is C12H13NO3.